The van der Waals surface area contributed by atoms with Crippen LogP contribution in [0.3, 0.4) is 0 Å². The van der Waals surface area contributed by atoms with E-state index in [1.165, 1.54) is 6.07 Å². The van der Waals surface area contributed by atoms with Crippen LogP contribution < -0.4 is 4.74 Å². The van der Waals surface area contributed by atoms with Gasteiger partial charge in [-0.05, 0) is 29.8 Å². The number of pyridine rings is 1. The van der Waals surface area contributed by atoms with Crippen LogP contribution in [-0.4, -0.2) is 11.1 Å². The monoisotopic (exact) mass is 233 g/mol. The van der Waals surface area contributed by atoms with Gasteiger partial charge in [-0.1, -0.05) is 0 Å². The van der Waals surface area contributed by atoms with Gasteiger partial charge in [0.1, 0.15) is 4.60 Å². The van der Waals surface area contributed by atoms with E-state index in [0.29, 0.717) is 4.60 Å². The SMILES string of the molecule is CC(C)Oc1cc(Br)ncc1F. The summed E-state index contributed by atoms with van der Waals surface area (Å²) in [5.41, 5.74) is 0. The molecule has 1 heterocycles. The molecule has 0 N–H and O–H groups in total. The zero-order valence-electron chi connectivity index (χ0n) is 6.84. The van der Waals surface area contributed by atoms with Crippen molar-refractivity contribution >= 4 is 15.9 Å². The molecule has 66 valence electrons. The summed E-state index contributed by atoms with van der Waals surface area (Å²) in [5, 5.41) is 0. The van der Waals surface area contributed by atoms with Gasteiger partial charge in [0, 0.05) is 6.07 Å². The molecule has 4 heteroatoms. The van der Waals surface area contributed by atoms with E-state index in [-0.39, 0.29) is 11.9 Å². The number of ether oxygens (including phenoxy) is 1. The minimum Gasteiger partial charge on any atom is -0.488 e. The zero-order chi connectivity index (χ0) is 9.14. The van der Waals surface area contributed by atoms with Crippen molar-refractivity contribution in [2.45, 2.75) is 20.0 Å². The molecule has 0 radical (unpaired) electrons. The molecule has 1 rings (SSSR count). The first-order valence-corrected chi connectivity index (χ1v) is 4.36. The molecule has 0 saturated heterocycles. The highest BCUT2D eigenvalue weighted by atomic mass is 79.9. The molecule has 1 aromatic rings. The van der Waals surface area contributed by atoms with Crippen molar-refractivity contribution in [2.75, 3.05) is 0 Å². The maximum absolute atomic E-state index is 12.9. The van der Waals surface area contributed by atoms with Gasteiger partial charge < -0.3 is 4.74 Å². The average molecular weight is 234 g/mol. The van der Waals surface area contributed by atoms with Crippen molar-refractivity contribution in [3.63, 3.8) is 0 Å². The molecular formula is C8H9BrFNO. The largest absolute Gasteiger partial charge is 0.488 e. The lowest BCUT2D eigenvalue weighted by atomic mass is 10.4. The number of aromatic nitrogens is 1. The molecule has 0 aromatic carbocycles. The van der Waals surface area contributed by atoms with Gasteiger partial charge in [0.05, 0.1) is 12.3 Å². The molecule has 2 nitrogen and oxygen atoms in total. The van der Waals surface area contributed by atoms with Crippen LogP contribution in [0.1, 0.15) is 13.8 Å². The van der Waals surface area contributed by atoms with Crippen molar-refractivity contribution in [3.05, 3.63) is 22.7 Å². The van der Waals surface area contributed by atoms with Crippen LogP contribution in [0.25, 0.3) is 0 Å². The number of rotatable bonds is 2. The Bertz CT molecular complexity index is 278. The van der Waals surface area contributed by atoms with Gasteiger partial charge in [0.15, 0.2) is 11.6 Å². The summed E-state index contributed by atoms with van der Waals surface area (Å²) in [6.45, 7) is 3.68. The molecule has 0 unspecified atom stereocenters. The molecule has 0 saturated carbocycles. The van der Waals surface area contributed by atoms with Crippen LogP contribution >= 0.6 is 15.9 Å². The maximum atomic E-state index is 12.9. The summed E-state index contributed by atoms with van der Waals surface area (Å²) in [6.07, 6.45) is 1.09. The topological polar surface area (TPSA) is 22.1 Å². The lowest BCUT2D eigenvalue weighted by Crippen LogP contribution is -2.07. The molecule has 0 aliphatic carbocycles. The van der Waals surface area contributed by atoms with Crippen molar-refractivity contribution in [1.29, 1.82) is 0 Å². The summed E-state index contributed by atoms with van der Waals surface area (Å²) in [5.74, 6) is -0.209. The fourth-order valence-corrected chi connectivity index (χ4v) is 1.05. The van der Waals surface area contributed by atoms with Crippen molar-refractivity contribution in [1.82, 2.24) is 4.98 Å². The Morgan fingerprint density at radius 3 is 2.83 bits per heavy atom. The Morgan fingerprint density at radius 1 is 1.58 bits per heavy atom. The van der Waals surface area contributed by atoms with E-state index in [0.717, 1.165) is 6.20 Å². The third-order valence-electron chi connectivity index (χ3n) is 1.15. The van der Waals surface area contributed by atoms with Crippen LogP contribution in [0.5, 0.6) is 5.75 Å². The third-order valence-corrected chi connectivity index (χ3v) is 1.58. The third kappa shape index (κ3) is 2.44. The number of halogens is 2. The van der Waals surface area contributed by atoms with Gasteiger partial charge >= 0.3 is 0 Å². The first-order chi connectivity index (χ1) is 5.59. The minimum absolute atomic E-state index is 0.0335. The smallest absolute Gasteiger partial charge is 0.183 e. The quantitative estimate of drug-likeness (QED) is 0.734. The molecule has 12 heavy (non-hydrogen) atoms. The second-order valence-electron chi connectivity index (χ2n) is 2.60. The Balaban J connectivity index is 2.90. The Morgan fingerprint density at radius 2 is 2.25 bits per heavy atom. The molecule has 0 aliphatic heterocycles. The highest BCUT2D eigenvalue weighted by Gasteiger charge is 2.05. The summed E-state index contributed by atoms with van der Waals surface area (Å²) in [4.78, 5) is 3.71. The van der Waals surface area contributed by atoms with Crippen LogP contribution in [0, 0.1) is 5.82 Å². The summed E-state index contributed by atoms with van der Waals surface area (Å²) in [7, 11) is 0. The first-order valence-electron chi connectivity index (χ1n) is 3.57. The summed E-state index contributed by atoms with van der Waals surface area (Å²) < 4.78 is 18.7. The van der Waals surface area contributed by atoms with Gasteiger partial charge in [-0.25, -0.2) is 9.37 Å². The average Bonchev–Trinajstić information content (AvgIpc) is 1.96. The van der Waals surface area contributed by atoms with E-state index in [1.54, 1.807) is 0 Å². The lowest BCUT2D eigenvalue weighted by Gasteiger charge is -2.09. The van der Waals surface area contributed by atoms with Crippen LogP contribution in [0.4, 0.5) is 4.39 Å². The predicted molar refractivity (Wildman–Crippen MR) is 47.7 cm³/mol. The number of hydrogen-bond acceptors (Lipinski definition) is 2. The normalized spacial score (nSPS) is 10.4. The fourth-order valence-electron chi connectivity index (χ4n) is 0.741. The van der Waals surface area contributed by atoms with E-state index in [9.17, 15) is 4.39 Å². The summed E-state index contributed by atoms with van der Waals surface area (Å²) in [6, 6.07) is 1.51. The Labute approximate surface area is 78.9 Å². The van der Waals surface area contributed by atoms with E-state index in [4.69, 9.17) is 4.74 Å². The molecule has 0 bridgehead atoms. The van der Waals surface area contributed by atoms with Gasteiger partial charge in [-0.15, -0.1) is 0 Å². The van der Waals surface area contributed by atoms with E-state index in [2.05, 4.69) is 20.9 Å². The predicted octanol–water partition coefficient (Wildman–Crippen LogP) is 2.77. The van der Waals surface area contributed by atoms with Crippen molar-refractivity contribution in [2.24, 2.45) is 0 Å². The first kappa shape index (κ1) is 9.45. The van der Waals surface area contributed by atoms with E-state index < -0.39 is 5.82 Å². The highest BCUT2D eigenvalue weighted by Crippen LogP contribution is 2.20. The molecule has 0 atom stereocenters. The number of hydrogen-bond donors (Lipinski definition) is 0. The Kier molecular flexibility index (Phi) is 3.03. The second-order valence-corrected chi connectivity index (χ2v) is 3.42. The minimum atomic E-state index is -0.438. The van der Waals surface area contributed by atoms with Gasteiger partial charge in [0.2, 0.25) is 0 Å². The number of nitrogens with zero attached hydrogens (tertiary/aromatic N) is 1. The molecular weight excluding hydrogens is 225 g/mol. The fraction of sp³-hybridized carbons (Fsp3) is 0.375. The molecule has 0 fully saturated rings. The van der Waals surface area contributed by atoms with Crippen molar-refractivity contribution in [3.8, 4) is 5.75 Å². The van der Waals surface area contributed by atoms with Gasteiger partial charge in [-0.2, -0.15) is 0 Å². The lowest BCUT2D eigenvalue weighted by molar-refractivity contribution is 0.230. The van der Waals surface area contributed by atoms with Gasteiger partial charge in [0.25, 0.3) is 0 Å². The maximum Gasteiger partial charge on any atom is 0.183 e. The Hall–Kier alpha value is -0.640. The molecule has 0 amide bonds. The van der Waals surface area contributed by atoms with Crippen LogP contribution in [0.2, 0.25) is 0 Å². The summed E-state index contributed by atoms with van der Waals surface area (Å²) >= 11 is 3.13. The van der Waals surface area contributed by atoms with Gasteiger partial charge in [-0.3, -0.25) is 0 Å². The molecule has 0 aliphatic rings. The van der Waals surface area contributed by atoms with Crippen LogP contribution in [-0.2, 0) is 0 Å². The molecule has 0 spiro atoms. The van der Waals surface area contributed by atoms with Crippen molar-refractivity contribution < 1.29 is 9.13 Å². The zero-order valence-corrected chi connectivity index (χ0v) is 8.43. The van der Waals surface area contributed by atoms with Crippen LogP contribution in [0.15, 0.2) is 16.9 Å². The second kappa shape index (κ2) is 3.85. The standard InChI is InChI=1S/C8H9BrFNO/c1-5(2)12-7-3-8(9)11-4-6(7)10/h3-5H,1-2H3. The van der Waals surface area contributed by atoms with E-state index >= 15 is 0 Å². The highest BCUT2D eigenvalue weighted by molar-refractivity contribution is 9.10. The van der Waals surface area contributed by atoms with E-state index in [1.807, 2.05) is 13.8 Å². The molecule has 1 aromatic heterocycles.